The second-order valence-electron chi connectivity index (χ2n) is 6.19. The minimum atomic E-state index is -0.0735. The average molecular weight is 334 g/mol. The summed E-state index contributed by atoms with van der Waals surface area (Å²) in [7, 11) is 0. The van der Waals surface area contributed by atoms with Gasteiger partial charge in [-0.15, -0.1) is 12.6 Å². The molecule has 4 heteroatoms. The molecular weight excluding hydrogens is 316 g/mol. The van der Waals surface area contributed by atoms with E-state index in [0.29, 0.717) is 5.56 Å². The van der Waals surface area contributed by atoms with Crippen molar-refractivity contribution in [3.8, 4) is 0 Å². The van der Waals surface area contributed by atoms with E-state index in [1.54, 1.807) is 6.20 Å². The van der Waals surface area contributed by atoms with Crippen molar-refractivity contribution in [1.29, 1.82) is 0 Å². The molecule has 0 spiro atoms. The summed E-state index contributed by atoms with van der Waals surface area (Å²) in [6.07, 6.45) is 4.79. The summed E-state index contributed by atoms with van der Waals surface area (Å²) in [5, 5.41) is 4.10. The summed E-state index contributed by atoms with van der Waals surface area (Å²) in [6, 6.07) is 16.1. The van der Waals surface area contributed by atoms with Gasteiger partial charge in [0.2, 0.25) is 0 Å². The summed E-state index contributed by atoms with van der Waals surface area (Å²) >= 11 is 4.41. The van der Waals surface area contributed by atoms with Crippen molar-refractivity contribution in [2.45, 2.75) is 30.2 Å². The molecule has 1 heterocycles. The van der Waals surface area contributed by atoms with Crippen molar-refractivity contribution in [1.82, 2.24) is 10.3 Å². The number of aryl methyl sites for hydroxylation is 1. The molecule has 2 aromatic carbocycles. The van der Waals surface area contributed by atoms with Gasteiger partial charge in [0.25, 0.3) is 5.91 Å². The van der Waals surface area contributed by atoms with E-state index >= 15 is 0 Å². The van der Waals surface area contributed by atoms with Crippen LogP contribution in [0.2, 0.25) is 0 Å². The number of benzene rings is 2. The van der Waals surface area contributed by atoms with Gasteiger partial charge in [-0.1, -0.05) is 36.4 Å². The van der Waals surface area contributed by atoms with Crippen LogP contribution in [0.15, 0.2) is 59.6 Å². The molecule has 0 radical (unpaired) electrons. The van der Waals surface area contributed by atoms with Gasteiger partial charge in [0, 0.05) is 16.5 Å². The molecule has 1 N–H and O–H groups in total. The highest BCUT2D eigenvalue weighted by Crippen LogP contribution is 2.30. The van der Waals surface area contributed by atoms with Crippen molar-refractivity contribution >= 4 is 29.4 Å². The Morgan fingerprint density at radius 1 is 1.17 bits per heavy atom. The van der Waals surface area contributed by atoms with E-state index < -0.39 is 0 Å². The van der Waals surface area contributed by atoms with Crippen LogP contribution in [-0.4, -0.2) is 10.9 Å². The summed E-state index contributed by atoms with van der Waals surface area (Å²) in [5.74, 6) is -0.0735. The molecule has 1 atom stereocenters. The molecule has 0 saturated heterocycles. The van der Waals surface area contributed by atoms with Crippen LogP contribution >= 0.6 is 12.6 Å². The molecule has 0 bridgehead atoms. The van der Waals surface area contributed by atoms with Gasteiger partial charge in [-0.2, -0.15) is 0 Å². The van der Waals surface area contributed by atoms with Crippen LogP contribution < -0.4 is 5.32 Å². The Morgan fingerprint density at radius 2 is 2.04 bits per heavy atom. The first kappa shape index (κ1) is 15.2. The van der Waals surface area contributed by atoms with E-state index in [-0.39, 0.29) is 11.9 Å². The molecule has 1 aliphatic carbocycles. The lowest BCUT2D eigenvalue weighted by Gasteiger charge is -2.26. The van der Waals surface area contributed by atoms with E-state index in [4.69, 9.17) is 0 Å². The first-order valence-corrected chi connectivity index (χ1v) is 8.63. The minimum absolute atomic E-state index is 0.0735. The third-order valence-corrected chi connectivity index (χ3v) is 4.99. The third-order valence-electron chi connectivity index (χ3n) is 4.63. The lowest BCUT2D eigenvalue weighted by molar-refractivity contribution is 0.0932. The predicted molar refractivity (Wildman–Crippen MR) is 98.6 cm³/mol. The number of rotatable bonds is 2. The molecule has 1 aliphatic rings. The smallest absolute Gasteiger partial charge is 0.253 e. The van der Waals surface area contributed by atoms with E-state index in [2.05, 4.69) is 41.1 Å². The first-order valence-electron chi connectivity index (χ1n) is 8.19. The summed E-state index contributed by atoms with van der Waals surface area (Å²) < 4.78 is 0. The number of para-hydroxylation sites is 1. The van der Waals surface area contributed by atoms with Crippen LogP contribution in [0.4, 0.5) is 0 Å². The molecule has 1 unspecified atom stereocenters. The largest absolute Gasteiger partial charge is 0.345 e. The van der Waals surface area contributed by atoms with Gasteiger partial charge in [-0.25, -0.2) is 0 Å². The second-order valence-corrected chi connectivity index (χ2v) is 6.67. The van der Waals surface area contributed by atoms with Crippen molar-refractivity contribution in [2.75, 3.05) is 0 Å². The van der Waals surface area contributed by atoms with E-state index in [0.717, 1.165) is 35.1 Å². The fourth-order valence-electron chi connectivity index (χ4n) is 3.41. The number of aromatic nitrogens is 1. The molecule has 4 rings (SSSR count). The quantitative estimate of drug-likeness (QED) is 0.685. The molecule has 3 aromatic rings. The van der Waals surface area contributed by atoms with Crippen molar-refractivity contribution in [3.63, 3.8) is 0 Å². The number of nitrogens with zero attached hydrogens (tertiary/aromatic N) is 1. The predicted octanol–water partition coefficient (Wildman–Crippen LogP) is 4.33. The molecule has 24 heavy (non-hydrogen) atoms. The number of hydrogen-bond acceptors (Lipinski definition) is 3. The topological polar surface area (TPSA) is 42.0 Å². The number of nitrogens with one attached hydrogen (secondary N) is 1. The number of fused-ring (bicyclic) bond motifs is 2. The minimum Gasteiger partial charge on any atom is -0.345 e. The standard InChI is InChI=1S/C20H18N2OS/c23-20(15-11-14-7-4-10-18(24)19(14)21-12-15)22-17-9-3-6-13-5-1-2-8-16(13)17/h1-2,4-5,7-8,10-12,17,24H,3,6,9H2,(H,22,23). The summed E-state index contributed by atoms with van der Waals surface area (Å²) in [5.41, 5.74) is 3.98. The lowest BCUT2D eigenvalue weighted by atomic mass is 9.87. The van der Waals surface area contributed by atoms with Crippen LogP contribution in [0.1, 0.15) is 40.4 Å². The van der Waals surface area contributed by atoms with Gasteiger partial charge in [0.1, 0.15) is 0 Å². The molecule has 0 fully saturated rings. The summed E-state index contributed by atoms with van der Waals surface area (Å²) in [4.78, 5) is 17.9. The van der Waals surface area contributed by atoms with Gasteiger partial charge in [-0.05, 0) is 42.5 Å². The maximum Gasteiger partial charge on any atom is 0.253 e. The molecule has 0 saturated carbocycles. The molecule has 1 aromatic heterocycles. The molecule has 1 amide bonds. The fourth-order valence-corrected chi connectivity index (χ4v) is 3.69. The average Bonchev–Trinajstić information content (AvgIpc) is 2.62. The normalized spacial score (nSPS) is 16.6. The zero-order chi connectivity index (χ0) is 16.5. The molecule has 0 aliphatic heterocycles. The van der Waals surface area contributed by atoms with E-state index in [1.807, 2.05) is 30.3 Å². The second kappa shape index (κ2) is 6.29. The number of thiol groups is 1. The van der Waals surface area contributed by atoms with Gasteiger partial charge < -0.3 is 5.32 Å². The zero-order valence-electron chi connectivity index (χ0n) is 13.2. The van der Waals surface area contributed by atoms with Crippen molar-refractivity contribution in [2.24, 2.45) is 0 Å². The monoisotopic (exact) mass is 334 g/mol. The SMILES string of the molecule is O=C(NC1CCCc2ccccc21)c1cnc2c(S)cccc2c1. The number of carbonyl (C=O) groups excluding carboxylic acids is 1. The number of amides is 1. The van der Waals surface area contributed by atoms with Crippen LogP contribution in [0.3, 0.4) is 0 Å². The van der Waals surface area contributed by atoms with E-state index in [1.165, 1.54) is 11.1 Å². The number of pyridine rings is 1. The Bertz CT molecular complexity index is 922. The zero-order valence-corrected chi connectivity index (χ0v) is 14.1. The van der Waals surface area contributed by atoms with Crippen molar-refractivity contribution in [3.05, 3.63) is 71.4 Å². The van der Waals surface area contributed by atoms with Gasteiger partial charge in [0.05, 0.1) is 17.1 Å². The first-order chi connectivity index (χ1) is 11.7. The lowest BCUT2D eigenvalue weighted by Crippen LogP contribution is -2.31. The fraction of sp³-hybridized carbons (Fsp3) is 0.200. The molecular formula is C20H18N2OS. The third kappa shape index (κ3) is 2.78. The van der Waals surface area contributed by atoms with Crippen LogP contribution in [-0.2, 0) is 6.42 Å². The maximum atomic E-state index is 12.7. The van der Waals surface area contributed by atoms with E-state index in [9.17, 15) is 4.79 Å². The Kier molecular flexibility index (Phi) is 3.98. The van der Waals surface area contributed by atoms with Crippen LogP contribution in [0.25, 0.3) is 10.9 Å². The highest BCUT2D eigenvalue weighted by Gasteiger charge is 2.22. The van der Waals surface area contributed by atoms with Crippen molar-refractivity contribution < 1.29 is 4.79 Å². The summed E-state index contributed by atoms with van der Waals surface area (Å²) in [6.45, 7) is 0. The molecule has 120 valence electrons. The Balaban J connectivity index is 1.61. The highest BCUT2D eigenvalue weighted by atomic mass is 32.1. The Labute approximate surface area is 146 Å². The number of carbonyl (C=O) groups is 1. The van der Waals surface area contributed by atoms with Gasteiger partial charge in [-0.3, -0.25) is 9.78 Å². The van der Waals surface area contributed by atoms with Gasteiger partial charge >= 0.3 is 0 Å². The Hall–Kier alpha value is -2.33. The highest BCUT2D eigenvalue weighted by molar-refractivity contribution is 7.80. The molecule has 3 nitrogen and oxygen atoms in total. The van der Waals surface area contributed by atoms with Gasteiger partial charge in [0.15, 0.2) is 0 Å². The number of hydrogen-bond donors (Lipinski definition) is 2. The van der Waals surface area contributed by atoms with Crippen LogP contribution in [0, 0.1) is 0 Å². The maximum absolute atomic E-state index is 12.7. The Morgan fingerprint density at radius 3 is 2.96 bits per heavy atom. The van der Waals surface area contributed by atoms with Crippen LogP contribution in [0.5, 0.6) is 0 Å².